The van der Waals surface area contributed by atoms with Gasteiger partial charge in [0.25, 0.3) is 0 Å². The molecule has 0 spiro atoms. The molecule has 1 fully saturated rings. The van der Waals surface area contributed by atoms with Crippen molar-refractivity contribution in [1.82, 2.24) is 10.2 Å². The first-order valence-corrected chi connectivity index (χ1v) is 7.10. The number of aromatic nitrogens is 1. The van der Waals surface area contributed by atoms with Crippen LogP contribution >= 0.6 is 11.3 Å². The molecule has 1 aromatic carbocycles. The molecule has 0 bridgehead atoms. The van der Waals surface area contributed by atoms with Crippen LogP contribution in [0.2, 0.25) is 0 Å². The van der Waals surface area contributed by atoms with Gasteiger partial charge in [0, 0.05) is 23.7 Å². The number of hydrogen-bond acceptors (Lipinski definition) is 4. The van der Waals surface area contributed by atoms with Crippen molar-refractivity contribution in [3.8, 4) is 0 Å². The van der Waals surface area contributed by atoms with Crippen LogP contribution in [0, 0.1) is 0 Å². The summed E-state index contributed by atoms with van der Waals surface area (Å²) in [6.45, 7) is 0.816. The molecule has 2 aromatic rings. The van der Waals surface area contributed by atoms with Gasteiger partial charge in [0.05, 0.1) is 5.51 Å². The summed E-state index contributed by atoms with van der Waals surface area (Å²) in [6.07, 6.45) is 4.05. The largest absolute Gasteiger partial charge is 0.418 e. The molecule has 0 aliphatic carbocycles. The van der Waals surface area contributed by atoms with Crippen molar-refractivity contribution >= 4 is 23.9 Å². The third-order valence-corrected chi connectivity index (χ3v) is 3.97. The number of benzene rings is 1. The molecule has 1 aliphatic rings. The molecule has 1 aromatic heterocycles. The van der Waals surface area contributed by atoms with Crippen LogP contribution in [0.3, 0.4) is 0 Å². The van der Waals surface area contributed by atoms with Gasteiger partial charge in [0.1, 0.15) is 0 Å². The van der Waals surface area contributed by atoms with E-state index >= 15 is 0 Å². The molecule has 2 heterocycles. The average molecular weight is 258 g/mol. The highest BCUT2D eigenvalue weighted by molar-refractivity contribution is 7.09. The molecule has 0 radical (unpaired) electrons. The molecular formula is C13H15BN2OS. The summed E-state index contributed by atoms with van der Waals surface area (Å²) in [6, 6.07) is 10.8. The minimum Gasteiger partial charge on any atom is -0.418 e. The Labute approximate surface area is 111 Å². The highest BCUT2D eigenvalue weighted by Gasteiger charge is 2.27. The third-order valence-electron chi connectivity index (χ3n) is 3.17. The van der Waals surface area contributed by atoms with E-state index in [4.69, 9.17) is 4.65 Å². The van der Waals surface area contributed by atoms with E-state index in [1.807, 2.05) is 29.9 Å². The van der Waals surface area contributed by atoms with Crippen LogP contribution < -0.4 is 10.7 Å². The monoisotopic (exact) mass is 258 g/mol. The Morgan fingerprint density at radius 2 is 2.28 bits per heavy atom. The normalized spacial score (nSPS) is 20.0. The van der Waals surface area contributed by atoms with Crippen LogP contribution in [-0.2, 0) is 11.1 Å². The van der Waals surface area contributed by atoms with E-state index in [0.717, 1.165) is 19.4 Å². The highest BCUT2D eigenvalue weighted by atomic mass is 32.1. The number of hydrogen-bond donors (Lipinski definition) is 1. The van der Waals surface area contributed by atoms with Crippen LogP contribution in [0.5, 0.6) is 0 Å². The van der Waals surface area contributed by atoms with Crippen LogP contribution in [0.1, 0.15) is 11.3 Å². The number of nitrogens with one attached hydrogen (secondary N) is 1. The maximum absolute atomic E-state index is 5.79. The Bertz CT molecular complexity index is 477. The van der Waals surface area contributed by atoms with E-state index < -0.39 is 0 Å². The molecule has 0 amide bonds. The lowest BCUT2D eigenvalue weighted by molar-refractivity contribution is 0.255. The van der Waals surface area contributed by atoms with Gasteiger partial charge in [-0.25, -0.2) is 0 Å². The second-order valence-corrected chi connectivity index (χ2v) is 5.46. The summed E-state index contributed by atoms with van der Waals surface area (Å²) in [7, 11) is 0.0258. The molecule has 5 heteroatoms. The molecule has 1 unspecified atom stereocenters. The van der Waals surface area contributed by atoms with Gasteiger partial charge in [0.2, 0.25) is 0 Å². The number of rotatable bonds is 3. The van der Waals surface area contributed by atoms with Crippen molar-refractivity contribution in [3.63, 3.8) is 0 Å². The van der Waals surface area contributed by atoms with Crippen molar-refractivity contribution in [1.29, 1.82) is 0 Å². The Kier molecular flexibility index (Phi) is 3.74. The van der Waals surface area contributed by atoms with Gasteiger partial charge in [-0.15, -0.1) is 11.3 Å². The zero-order chi connectivity index (χ0) is 12.2. The van der Waals surface area contributed by atoms with Crippen LogP contribution in [-0.4, -0.2) is 24.7 Å². The molecular weight excluding hydrogens is 243 g/mol. The van der Waals surface area contributed by atoms with Gasteiger partial charge in [-0.1, -0.05) is 30.3 Å². The first kappa shape index (κ1) is 11.9. The van der Waals surface area contributed by atoms with E-state index in [9.17, 15) is 0 Å². The third kappa shape index (κ3) is 2.80. The van der Waals surface area contributed by atoms with Crippen molar-refractivity contribution < 1.29 is 4.65 Å². The second kappa shape index (κ2) is 5.65. The molecule has 18 heavy (non-hydrogen) atoms. The van der Waals surface area contributed by atoms with Crippen molar-refractivity contribution in [2.75, 3.05) is 6.61 Å². The topological polar surface area (TPSA) is 34.2 Å². The van der Waals surface area contributed by atoms with Gasteiger partial charge < -0.3 is 9.88 Å². The molecule has 1 atom stereocenters. The quantitative estimate of drug-likeness (QED) is 0.846. The van der Waals surface area contributed by atoms with E-state index in [1.165, 1.54) is 10.3 Å². The minimum atomic E-state index is 0.0258. The van der Waals surface area contributed by atoms with E-state index in [1.54, 1.807) is 11.3 Å². The number of thiazole rings is 1. The van der Waals surface area contributed by atoms with Gasteiger partial charge in [0.15, 0.2) is 0 Å². The predicted octanol–water partition coefficient (Wildman–Crippen LogP) is 1.46. The van der Waals surface area contributed by atoms with Crippen molar-refractivity contribution in [3.05, 3.63) is 46.9 Å². The lowest BCUT2D eigenvalue weighted by Crippen LogP contribution is -2.56. The second-order valence-electron chi connectivity index (χ2n) is 4.49. The fourth-order valence-corrected chi connectivity index (χ4v) is 2.92. The average Bonchev–Trinajstić information content (AvgIpc) is 2.93. The van der Waals surface area contributed by atoms with Crippen LogP contribution in [0.15, 0.2) is 42.0 Å². The Morgan fingerprint density at radius 3 is 3.06 bits per heavy atom. The van der Waals surface area contributed by atoms with Gasteiger partial charge in [-0.3, -0.25) is 4.98 Å². The van der Waals surface area contributed by atoms with E-state index in [2.05, 4.69) is 22.3 Å². The summed E-state index contributed by atoms with van der Waals surface area (Å²) in [5.74, 6) is 0. The fourth-order valence-electron chi connectivity index (χ4n) is 2.24. The van der Waals surface area contributed by atoms with E-state index in [0.29, 0.717) is 6.04 Å². The fraction of sp³-hybridized carbons (Fsp3) is 0.308. The lowest BCUT2D eigenvalue weighted by Gasteiger charge is -2.28. The minimum absolute atomic E-state index is 0.0258. The lowest BCUT2D eigenvalue weighted by atomic mass is 9.71. The summed E-state index contributed by atoms with van der Waals surface area (Å²) in [5, 5.41) is 3.56. The molecule has 1 aliphatic heterocycles. The molecule has 92 valence electrons. The molecule has 3 nitrogen and oxygen atoms in total. The first-order chi connectivity index (χ1) is 8.92. The smallest absolute Gasteiger partial charge is 0.416 e. The molecule has 0 saturated carbocycles. The zero-order valence-corrected chi connectivity index (χ0v) is 10.9. The number of nitrogens with zero attached hydrogens (tertiary/aromatic N) is 1. The van der Waals surface area contributed by atoms with Crippen LogP contribution in [0.25, 0.3) is 0 Å². The Balaban J connectivity index is 1.65. The summed E-state index contributed by atoms with van der Waals surface area (Å²) in [4.78, 5) is 5.46. The van der Waals surface area contributed by atoms with Crippen molar-refractivity contribution in [2.45, 2.75) is 18.9 Å². The maximum atomic E-state index is 5.79. The van der Waals surface area contributed by atoms with Crippen molar-refractivity contribution in [2.24, 2.45) is 0 Å². The zero-order valence-electron chi connectivity index (χ0n) is 10.1. The van der Waals surface area contributed by atoms with Crippen LogP contribution in [0.4, 0.5) is 0 Å². The van der Waals surface area contributed by atoms with E-state index in [-0.39, 0.29) is 7.05 Å². The molecule has 1 saturated heterocycles. The summed E-state index contributed by atoms with van der Waals surface area (Å²) < 4.78 is 5.79. The Morgan fingerprint density at radius 1 is 1.39 bits per heavy atom. The molecule has 1 N–H and O–H groups in total. The van der Waals surface area contributed by atoms with Gasteiger partial charge in [-0.2, -0.15) is 0 Å². The summed E-state index contributed by atoms with van der Waals surface area (Å²) in [5.41, 5.74) is 3.09. The SMILES string of the molecule is c1ccc(B2NC(Cc3cncs3)CCO2)cc1. The Hall–Kier alpha value is -1.17. The van der Waals surface area contributed by atoms with Gasteiger partial charge >= 0.3 is 7.05 Å². The summed E-state index contributed by atoms with van der Waals surface area (Å²) >= 11 is 1.72. The first-order valence-electron chi connectivity index (χ1n) is 6.22. The molecule has 3 rings (SSSR count). The standard InChI is InChI=1S/C13H15BN2OS/c1-2-4-11(5-3-1)14-16-12(6-7-17-14)8-13-9-15-10-18-13/h1-5,9-10,12,16H,6-8H2. The maximum Gasteiger partial charge on any atom is 0.416 e. The highest BCUT2D eigenvalue weighted by Crippen LogP contribution is 2.13. The predicted molar refractivity (Wildman–Crippen MR) is 75.1 cm³/mol. The van der Waals surface area contributed by atoms with Gasteiger partial charge in [-0.05, 0) is 18.3 Å².